The van der Waals surface area contributed by atoms with Gasteiger partial charge in [0.25, 0.3) is 0 Å². The summed E-state index contributed by atoms with van der Waals surface area (Å²) in [6.07, 6.45) is 1.72. The third-order valence-electron chi connectivity index (χ3n) is 3.98. The number of anilines is 1. The molecular formula is C19H24F2N4O2. The van der Waals surface area contributed by atoms with Gasteiger partial charge in [-0.05, 0) is 31.5 Å². The minimum atomic E-state index is -2.91. The highest BCUT2D eigenvalue weighted by Crippen LogP contribution is 2.19. The van der Waals surface area contributed by atoms with Crippen molar-refractivity contribution in [1.29, 1.82) is 0 Å². The van der Waals surface area contributed by atoms with Crippen molar-refractivity contribution >= 4 is 11.8 Å². The first-order chi connectivity index (χ1) is 13.0. The van der Waals surface area contributed by atoms with Gasteiger partial charge in [0.1, 0.15) is 11.6 Å². The number of benzene rings is 1. The molecule has 0 aliphatic carbocycles. The van der Waals surface area contributed by atoms with Gasteiger partial charge in [0.05, 0.1) is 0 Å². The summed E-state index contributed by atoms with van der Waals surface area (Å²) >= 11 is 0. The molecule has 1 heterocycles. The lowest BCUT2D eigenvalue weighted by atomic mass is 10.2. The molecule has 1 aromatic carbocycles. The number of carbonyl (C=O) groups is 1. The molecular weight excluding hydrogens is 354 g/mol. The Balaban J connectivity index is 1.83. The predicted molar refractivity (Wildman–Crippen MR) is 99.9 cm³/mol. The van der Waals surface area contributed by atoms with E-state index < -0.39 is 12.6 Å². The highest BCUT2D eigenvalue weighted by molar-refractivity contribution is 5.73. The van der Waals surface area contributed by atoms with Crippen molar-refractivity contribution in [3.63, 3.8) is 0 Å². The number of ether oxygens (including phenoxy) is 1. The Morgan fingerprint density at radius 1 is 1.11 bits per heavy atom. The molecule has 0 fully saturated rings. The number of nitrogens with one attached hydrogen (secondary N) is 2. The first-order valence-corrected chi connectivity index (χ1v) is 8.77. The summed E-state index contributed by atoms with van der Waals surface area (Å²) in [5.74, 6) is 0.938. The molecule has 0 saturated heterocycles. The van der Waals surface area contributed by atoms with Gasteiger partial charge in [-0.3, -0.25) is 0 Å². The van der Waals surface area contributed by atoms with E-state index in [9.17, 15) is 13.6 Å². The number of carbonyl (C=O) groups excluding carboxylic acids is 1. The molecule has 2 aromatic rings. The predicted octanol–water partition coefficient (Wildman–Crippen LogP) is 3.53. The van der Waals surface area contributed by atoms with Crippen molar-refractivity contribution in [2.75, 3.05) is 18.0 Å². The lowest BCUT2D eigenvalue weighted by Gasteiger charge is -2.19. The Kier molecular flexibility index (Phi) is 7.79. The van der Waals surface area contributed by atoms with Crippen LogP contribution in [0.5, 0.6) is 5.75 Å². The number of alkyl halides is 2. The first kappa shape index (κ1) is 20.4. The van der Waals surface area contributed by atoms with Crippen LogP contribution in [0.3, 0.4) is 0 Å². The van der Waals surface area contributed by atoms with Crippen LogP contribution in [-0.4, -0.2) is 30.7 Å². The number of para-hydroxylation sites is 1. The summed E-state index contributed by atoms with van der Waals surface area (Å²) < 4.78 is 29.2. The van der Waals surface area contributed by atoms with E-state index in [2.05, 4.69) is 39.1 Å². The second-order valence-electron chi connectivity index (χ2n) is 5.72. The zero-order valence-electron chi connectivity index (χ0n) is 15.4. The maximum absolute atomic E-state index is 12.4. The van der Waals surface area contributed by atoms with Crippen LogP contribution in [0, 0.1) is 0 Å². The van der Waals surface area contributed by atoms with Gasteiger partial charge in [-0.1, -0.05) is 24.3 Å². The lowest BCUT2D eigenvalue weighted by Crippen LogP contribution is -2.34. The summed E-state index contributed by atoms with van der Waals surface area (Å²) in [5, 5.41) is 5.34. The van der Waals surface area contributed by atoms with Gasteiger partial charge in [-0.15, -0.1) is 0 Å². The molecule has 6 nitrogen and oxygen atoms in total. The van der Waals surface area contributed by atoms with E-state index in [4.69, 9.17) is 0 Å². The summed E-state index contributed by atoms with van der Waals surface area (Å²) in [7, 11) is 0. The van der Waals surface area contributed by atoms with Crippen LogP contribution in [0.4, 0.5) is 19.4 Å². The van der Waals surface area contributed by atoms with Crippen molar-refractivity contribution in [2.45, 2.75) is 33.5 Å². The largest absolute Gasteiger partial charge is 0.434 e. The summed E-state index contributed by atoms with van der Waals surface area (Å²) in [6, 6.07) is 9.76. The fourth-order valence-electron chi connectivity index (χ4n) is 2.54. The van der Waals surface area contributed by atoms with Crippen LogP contribution in [0.15, 0.2) is 42.6 Å². The zero-order chi connectivity index (χ0) is 19.6. The molecule has 0 radical (unpaired) electrons. The van der Waals surface area contributed by atoms with Gasteiger partial charge in [-0.2, -0.15) is 8.78 Å². The molecule has 146 valence electrons. The normalized spacial score (nSPS) is 10.6. The van der Waals surface area contributed by atoms with Crippen LogP contribution in [0.1, 0.15) is 25.0 Å². The molecule has 0 aliphatic rings. The molecule has 2 rings (SSSR count). The van der Waals surface area contributed by atoms with Crippen molar-refractivity contribution in [2.24, 2.45) is 0 Å². The van der Waals surface area contributed by atoms with Crippen LogP contribution in [-0.2, 0) is 13.1 Å². The fourth-order valence-corrected chi connectivity index (χ4v) is 2.54. The van der Waals surface area contributed by atoms with Crippen molar-refractivity contribution in [3.8, 4) is 5.75 Å². The number of rotatable bonds is 9. The molecule has 0 saturated carbocycles. The Hall–Kier alpha value is -2.90. The summed E-state index contributed by atoms with van der Waals surface area (Å²) in [5.41, 5.74) is 1.33. The molecule has 0 unspecified atom stereocenters. The number of aromatic nitrogens is 1. The number of halogens is 2. The Bertz CT molecular complexity index is 722. The maximum Gasteiger partial charge on any atom is 0.387 e. The molecule has 2 amide bonds. The van der Waals surface area contributed by atoms with Crippen LogP contribution < -0.4 is 20.3 Å². The Labute approximate surface area is 157 Å². The minimum Gasteiger partial charge on any atom is -0.434 e. The molecule has 0 spiro atoms. The zero-order valence-corrected chi connectivity index (χ0v) is 15.4. The fraction of sp³-hybridized carbons (Fsp3) is 0.368. The minimum absolute atomic E-state index is 0.0454. The van der Waals surface area contributed by atoms with E-state index in [1.165, 1.54) is 6.07 Å². The van der Waals surface area contributed by atoms with E-state index in [1.807, 2.05) is 12.1 Å². The summed E-state index contributed by atoms with van der Waals surface area (Å²) in [6.45, 7) is 3.36. The van der Waals surface area contributed by atoms with Gasteiger partial charge in [-0.25, -0.2) is 9.78 Å². The number of hydrogen-bond acceptors (Lipinski definition) is 4. The van der Waals surface area contributed by atoms with E-state index in [-0.39, 0.29) is 12.3 Å². The van der Waals surface area contributed by atoms with Crippen LogP contribution in [0.2, 0.25) is 0 Å². The van der Waals surface area contributed by atoms with Gasteiger partial charge in [0.15, 0.2) is 0 Å². The smallest absolute Gasteiger partial charge is 0.387 e. The van der Waals surface area contributed by atoms with Gasteiger partial charge in [0, 0.05) is 37.9 Å². The molecule has 8 heteroatoms. The average Bonchev–Trinajstić information content (AvgIpc) is 2.67. The van der Waals surface area contributed by atoms with Gasteiger partial charge < -0.3 is 20.3 Å². The van der Waals surface area contributed by atoms with Crippen LogP contribution >= 0.6 is 0 Å². The molecule has 0 aliphatic heterocycles. The molecule has 27 heavy (non-hydrogen) atoms. The van der Waals surface area contributed by atoms with Crippen molar-refractivity contribution < 1.29 is 18.3 Å². The number of amides is 2. The molecule has 0 atom stereocenters. The highest BCUT2D eigenvalue weighted by atomic mass is 19.3. The maximum atomic E-state index is 12.4. The number of pyridine rings is 1. The first-order valence-electron chi connectivity index (χ1n) is 8.77. The van der Waals surface area contributed by atoms with E-state index in [1.54, 1.807) is 24.4 Å². The van der Waals surface area contributed by atoms with E-state index in [0.29, 0.717) is 12.1 Å². The highest BCUT2D eigenvalue weighted by Gasteiger charge is 2.10. The average molecular weight is 378 g/mol. The SMILES string of the molecule is CCN(CC)c1ccc(CNC(=O)NCc2ccccc2OC(F)F)cn1. The number of urea groups is 1. The van der Waals surface area contributed by atoms with E-state index >= 15 is 0 Å². The lowest BCUT2D eigenvalue weighted by molar-refractivity contribution is -0.0504. The van der Waals surface area contributed by atoms with Gasteiger partial charge >= 0.3 is 12.6 Å². The second-order valence-corrected chi connectivity index (χ2v) is 5.72. The van der Waals surface area contributed by atoms with Crippen molar-refractivity contribution in [3.05, 3.63) is 53.7 Å². The Morgan fingerprint density at radius 2 is 1.81 bits per heavy atom. The van der Waals surface area contributed by atoms with E-state index in [0.717, 1.165) is 24.5 Å². The molecule has 1 aromatic heterocycles. The molecule has 2 N–H and O–H groups in total. The summed E-state index contributed by atoms with van der Waals surface area (Å²) in [4.78, 5) is 18.5. The molecule has 0 bridgehead atoms. The third kappa shape index (κ3) is 6.40. The van der Waals surface area contributed by atoms with Crippen molar-refractivity contribution in [1.82, 2.24) is 15.6 Å². The topological polar surface area (TPSA) is 66.5 Å². The second kappa shape index (κ2) is 10.3. The van der Waals surface area contributed by atoms with Crippen LogP contribution in [0.25, 0.3) is 0 Å². The Morgan fingerprint density at radius 3 is 2.44 bits per heavy atom. The third-order valence-corrected chi connectivity index (χ3v) is 3.98. The monoisotopic (exact) mass is 378 g/mol. The quantitative estimate of drug-likeness (QED) is 0.701. The number of nitrogens with zero attached hydrogens (tertiary/aromatic N) is 2. The standard InChI is InChI=1S/C19H24F2N4O2/c1-3-25(4-2)17-10-9-14(11-22-17)12-23-19(26)24-13-15-7-5-6-8-16(15)27-18(20)21/h5-11,18H,3-4,12-13H2,1-2H3,(H2,23,24,26). The number of hydrogen-bond donors (Lipinski definition) is 2. The van der Waals surface area contributed by atoms with Gasteiger partial charge in [0.2, 0.25) is 0 Å².